The number of piperidine rings is 1. The molecule has 0 radical (unpaired) electrons. The minimum Gasteiger partial charge on any atom is -0.310 e. The second kappa shape index (κ2) is 5.34. The highest BCUT2D eigenvalue weighted by molar-refractivity contribution is 5.02. The number of nitrogens with zero attached hydrogens (tertiary/aromatic N) is 2. The molecule has 1 saturated carbocycles. The molecule has 1 N–H and O–H groups in total. The molecule has 3 fully saturated rings. The Labute approximate surface area is 118 Å². The van der Waals surface area contributed by atoms with Gasteiger partial charge >= 0.3 is 0 Å². The summed E-state index contributed by atoms with van der Waals surface area (Å²) in [5.74, 6) is 1.76. The molecule has 19 heavy (non-hydrogen) atoms. The Hall–Kier alpha value is -0.120. The zero-order valence-electron chi connectivity index (χ0n) is 13.0. The van der Waals surface area contributed by atoms with E-state index in [9.17, 15) is 0 Å². The highest BCUT2D eigenvalue weighted by Gasteiger charge is 2.44. The van der Waals surface area contributed by atoms with Gasteiger partial charge in [0, 0.05) is 24.7 Å². The smallest absolute Gasteiger partial charge is 0.0308 e. The van der Waals surface area contributed by atoms with Crippen LogP contribution >= 0.6 is 0 Å². The van der Waals surface area contributed by atoms with Crippen molar-refractivity contribution in [1.29, 1.82) is 0 Å². The molecule has 0 aromatic heterocycles. The van der Waals surface area contributed by atoms with E-state index in [4.69, 9.17) is 0 Å². The summed E-state index contributed by atoms with van der Waals surface area (Å²) in [4.78, 5) is 5.33. The van der Waals surface area contributed by atoms with Crippen LogP contribution in [-0.2, 0) is 0 Å². The Balaban J connectivity index is 1.68. The fourth-order valence-corrected chi connectivity index (χ4v) is 4.37. The van der Waals surface area contributed by atoms with E-state index >= 15 is 0 Å². The van der Waals surface area contributed by atoms with Crippen molar-refractivity contribution < 1.29 is 0 Å². The predicted molar refractivity (Wildman–Crippen MR) is 80.4 cm³/mol. The third-order valence-corrected chi connectivity index (χ3v) is 5.69. The molecule has 2 saturated heterocycles. The number of hydrogen-bond donors (Lipinski definition) is 1. The van der Waals surface area contributed by atoms with Crippen molar-refractivity contribution in [2.24, 2.45) is 11.8 Å². The van der Waals surface area contributed by atoms with E-state index in [0.29, 0.717) is 5.54 Å². The summed E-state index contributed by atoms with van der Waals surface area (Å²) in [5, 5.41) is 3.86. The number of rotatable bonds is 2. The zero-order valence-corrected chi connectivity index (χ0v) is 13.0. The molecule has 0 spiro atoms. The molecule has 0 aromatic rings. The van der Waals surface area contributed by atoms with Gasteiger partial charge in [-0.1, -0.05) is 6.92 Å². The van der Waals surface area contributed by atoms with Crippen LogP contribution in [0.25, 0.3) is 0 Å². The van der Waals surface area contributed by atoms with Crippen molar-refractivity contribution in [3.05, 3.63) is 0 Å². The van der Waals surface area contributed by atoms with Crippen LogP contribution in [-0.4, -0.2) is 61.2 Å². The molecule has 3 rings (SSSR count). The quantitative estimate of drug-likeness (QED) is 0.821. The van der Waals surface area contributed by atoms with E-state index in [-0.39, 0.29) is 0 Å². The molecule has 2 heterocycles. The summed E-state index contributed by atoms with van der Waals surface area (Å²) in [7, 11) is 2.27. The fourth-order valence-electron chi connectivity index (χ4n) is 4.37. The van der Waals surface area contributed by atoms with Crippen molar-refractivity contribution in [3.63, 3.8) is 0 Å². The van der Waals surface area contributed by atoms with Crippen LogP contribution in [0, 0.1) is 11.8 Å². The third-order valence-electron chi connectivity index (χ3n) is 5.69. The average molecular weight is 265 g/mol. The maximum absolute atomic E-state index is 3.86. The molecule has 3 aliphatic rings. The van der Waals surface area contributed by atoms with E-state index in [1.165, 1.54) is 58.4 Å². The van der Waals surface area contributed by atoms with Gasteiger partial charge in [-0.25, -0.2) is 0 Å². The molecule has 3 unspecified atom stereocenters. The summed E-state index contributed by atoms with van der Waals surface area (Å²) >= 11 is 0. The predicted octanol–water partition coefficient (Wildman–Crippen LogP) is 1.79. The van der Waals surface area contributed by atoms with Gasteiger partial charge in [-0.3, -0.25) is 4.90 Å². The minimum atomic E-state index is 0.388. The Morgan fingerprint density at radius 1 is 1.16 bits per heavy atom. The van der Waals surface area contributed by atoms with Crippen LogP contribution in [0.15, 0.2) is 0 Å². The van der Waals surface area contributed by atoms with Crippen molar-refractivity contribution in [3.8, 4) is 0 Å². The molecule has 0 amide bonds. The topological polar surface area (TPSA) is 18.5 Å². The Bertz CT molecular complexity index is 315. The van der Waals surface area contributed by atoms with Crippen molar-refractivity contribution >= 4 is 0 Å². The van der Waals surface area contributed by atoms with Gasteiger partial charge in [0.2, 0.25) is 0 Å². The third kappa shape index (κ3) is 2.98. The number of nitrogens with one attached hydrogen (secondary N) is 1. The Kier molecular flexibility index (Phi) is 3.89. The highest BCUT2D eigenvalue weighted by Crippen LogP contribution is 2.41. The molecule has 3 atom stereocenters. The second-order valence-electron chi connectivity index (χ2n) is 7.54. The fraction of sp³-hybridized carbons (Fsp3) is 1.00. The Morgan fingerprint density at radius 2 is 1.95 bits per heavy atom. The van der Waals surface area contributed by atoms with E-state index in [2.05, 4.69) is 36.0 Å². The van der Waals surface area contributed by atoms with Gasteiger partial charge < -0.3 is 10.2 Å². The van der Waals surface area contributed by atoms with Crippen molar-refractivity contribution in [2.75, 3.05) is 39.8 Å². The van der Waals surface area contributed by atoms with Crippen molar-refractivity contribution in [1.82, 2.24) is 15.1 Å². The van der Waals surface area contributed by atoms with Gasteiger partial charge in [-0.15, -0.1) is 0 Å². The van der Waals surface area contributed by atoms with Gasteiger partial charge in [0.05, 0.1) is 0 Å². The maximum Gasteiger partial charge on any atom is 0.0308 e. The van der Waals surface area contributed by atoms with E-state index < -0.39 is 0 Å². The Morgan fingerprint density at radius 3 is 2.63 bits per heavy atom. The molecule has 110 valence electrons. The molecule has 0 aromatic carbocycles. The first-order valence-electron chi connectivity index (χ1n) is 8.26. The summed E-state index contributed by atoms with van der Waals surface area (Å²) in [6, 6.07) is 0.814. The van der Waals surface area contributed by atoms with Crippen LogP contribution in [0.5, 0.6) is 0 Å². The summed E-state index contributed by atoms with van der Waals surface area (Å²) in [5.41, 5.74) is 0.388. The van der Waals surface area contributed by atoms with Gasteiger partial charge in [0.15, 0.2) is 0 Å². The normalized spacial score (nSPS) is 43.1. The molecule has 3 nitrogen and oxygen atoms in total. The van der Waals surface area contributed by atoms with Gasteiger partial charge in [-0.05, 0) is 71.1 Å². The lowest BCUT2D eigenvalue weighted by Gasteiger charge is -2.44. The summed E-state index contributed by atoms with van der Waals surface area (Å²) < 4.78 is 0. The summed E-state index contributed by atoms with van der Waals surface area (Å²) in [6.45, 7) is 11.3. The monoisotopic (exact) mass is 265 g/mol. The second-order valence-corrected chi connectivity index (χ2v) is 7.54. The van der Waals surface area contributed by atoms with Crippen molar-refractivity contribution in [2.45, 2.75) is 51.1 Å². The van der Waals surface area contributed by atoms with Crippen LogP contribution < -0.4 is 5.32 Å². The average Bonchev–Trinajstić information content (AvgIpc) is 3.16. The zero-order chi connectivity index (χ0) is 13.5. The lowest BCUT2D eigenvalue weighted by molar-refractivity contribution is 0.0600. The molecule has 3 heteroatoms. The van der Waals surface area contributed by atoms with E-state index in [1.807, 2.05) is 0 Å². The van der Waals surface area contributed by atoms with E-state index in [1.54, 1.807) is 0 Å². The summed E-state index contributed by atoms with van der Waals surface area (Å²) in [6.07, 6.45) is 5.57. The standard InChI is InChI=1S/C16H31N3/c1-13-11-18(3)10-7-15(13)19-9-4-8-17-16(2,12-19)14-5-6-14/h13-15,17H,4-12H2,1-3H3. The SMILES string of the molecule is CC1CN(C)CCC1N1CCCNC(C)(C2CC2)C1. The lowest BCUT2D eigenvalue weighted by Crippen LogP contribution is -2.56. The molecular formula is C16H31N3. The van der Waals surface area contributed by atoms with Crippen LogP contribution in [0.3, 0.4) is 0 Å². The number of likely N-dealkylation sites (tertiary alicyclic amines) is 1. The molecular weight excluding hydrogens is 234 g/mol. The highest BCUT2D eigenvalue weighted by atomic mass is 15.2. The van der Waals surface area contributed by atoms with Crippen LogP contribution in [0.4, 0.5) is 0 Å². The largest absolute Gasteiger partial charge is 0.310 e. The first-order chi connectivity index (χ1) is 9.08. The molecule has 2 aliphatic heterocycles. The van der Waals surface area contributed by atoms with Gasteiger partial charge in [-0.2, -0.15) is 0 Å². The van der Waals surface area contributed by atoms with Crippen LogP contribution in [0.2, 0.25) is 0 Å². The minimum absolute atomic E-state index is 0.388. The maximum atomic E-state index is 3.86. The molecule has 1 aliphatic carbocycles. The first kappa shape index (κ1) is 13.8. The lowest BCUT2D eigenvalue weighted by atomic mass is 9.89. The van der Waals surface area contributed by atoms with Gasteiger partial charge in [0.25, 0.3) is 0 Å². The van der Waals surface area contributed by atoms with E-state index in [0.717, 1.165) is 17.9 Å². The first-order valence-corrected chi connectivity index (χ1v) is 8.26. The van der Waals surface area contributed by atoms with Crippen LogP contribution in [0.1, 0.15) is 39.5 Å². The number of hydrogen-bond acceptors (Lipinski definition) is 3. The molecule has 0 bridgehead atoms. The van der Waals surface area contributed by atoms with Gasteiger partial charge in [0.1, 0.15) is 0 Å².